The molecule has 2 aliphatic rings. The molecule has 1 aromatic rings. The number of carboxylic acids is 1. The highest BCUT2D eigenvalue weighted by molar-refractivity contribution is 6.00. The van der Waals surface area contributed by atoms with Crippen LogP contribution in [0.4, 0.5) is 0 Å². The number of aliphatic hydroxyl groups excluding tert-OH is 2. The first kappa shape index (κ1) is 20.5. The van der Waals surface area contributed by atoms with Gasteiger partial charge in [0.2, 0.25) is 0 Å². The van der Waals surface area contributed by atoms with Gasteiger partial charge in [0.15, 0.2) is 5.78 Å². The molecule has 0 amide bonds. The van der Waals surface area contributed by atoms with Gasteiger partial charge in [-0.05, 0) is 26.2 Å². The second kappa shape index (κ2) is 8.73. The molecule has 0 radical (unpaired) electrons. The largest absolute Gasteiger partial charge is 0.481 e. The minimum absolute atomic E-state index is 0.0511. The number of aliphatic hydroxyl groups is 2. The van der Waals surface area contributed by atoms with Gasteiger partial charge in [0.1, 0.15) is 0 Å². The maximum Gasteiger partial charge on any atom is 0.308 e. The normalized spacial score (nSPS) is 25.3. The zero-order valence-corrected chi connectivity index (χ0v) is 15.0. The summed E-state index contributed by atoms with van der Waals surface area (Å²) in [6.45, 7) is 1.95. The van der Waals surface area contributed by atoms with E-state index in [0.29, 0.717) is 6.42 Å². The van der Waals surface area contributed by atoms with Crippen molar-refractivity contribution >= 4 is 11.8 Å². The Kier molecular flexibility index (Phi) is 6.88. The molecule has 1 aromatic carbocycles. The van der Waals surface area contributed by atoms with Gasteiger partial charge in [-0.25, -0.2) is 0 Å². The van der Waals surface area contributed by atoms with Gasteiger partial charge in [0.25, 0.3) is 0 Å². The third-order valence-corrected chi connectivity index (χ3v) is 5.13. The quantitative estimate of drug-likeness (QED) is 0.561. The molecule has 2 aliphatic heterocycles. The smallest absolute Gasteiger partial charge is 0.308 e. The van der Waals surface area contributed by atoms with Crippen molar-refractivity contribution in [2.45, 2.75) is 43.8 Å². The van der Waals surface area contributed by atoms with E-state index in [-0.39, 0.29) is 37.0 Å². The molecule has 26 heavy (non-hydrogen) atoms. The van der Waals surface area contributed by atoms with Crippen LogP contribution >= 0.6 is 0 Å². The highest BCUT2D eigenvalue weighted by Gasteiger charge is 2.47. The lowest BCUT2D eigenvalue weighted by Gasteiger charge is -2.23. The maximum atomic E-state index is 12.5. The Morgan fingerprint density at radius 3 is 2.27 bits per heavy atom. The summed E-state index contributed by atoms with van der Waals surface area (Å²) in [7, 11) is 0. The SMILES string of the molecule is CC(N)(CO)CO.O=C(O)C1CCN2C(C(=O)c3ccccc3)CCC12. The van der Waals surface area contributed by atoms with Crippen LogP contribution in [0.5, 0.6) is 0 Å². The van der Waals surface area contributed by atoms with Crippen molar-refractivity contribution in [1.82, 2.24) is 4.90 Å². The Morgan fingerprint density at radius 2 is 1.77 bits per heavy atom. The molecule has 0 aliphatic carbocycles. The van der Waals surface area contributed by atoms with Gasteiger partial charge in [-0.1, -0.05) is 30.3 Å². The second-order valence-corrected chi connectivity index (χ2v) is 7.33. The Bertz CT molecular complexity index is 614. The molecule has 5 N–H and O–H groups in total. The van der Waals surface area contributed by atoms with Crippen LogP contribution in [-0.4, -0.2) is 69.4 Å². The van der Waals surface area contributed by atoms with Crippen molar-refractivity contribution in [3.8, 4) is 0 Å². The number of aliphatic carboxylic acids is 1. The van der Waals surface area contributed by atoms with Gasteiger partial charge < -0.3 is 21.1 Å². The van der Waals surface area contributed by atoms with Crippen molar-refractivity contribution in [1.29, 1.82) is 0 Å². The minimum Gasteiger partial charge on any atom is -0.481 e. The topological polar surface area (TPSA) is 124 Å². The van der Waals surface area contributed by atoms with E-state index < -0.39 is 11.5 Å². The third-order valence-electron chi connectivity index (χ3n) is 5.13. The summed E-state index contributed by atoms with van der Waals surface area (Å²) < 4.78 is 0. The first-order chi connectivity index (χ1) is 12.3. The van der Waals surface area contributed by atoms with Crippen molar-refractivity contribution in [2.75, 3.05) is 19.8 Å². The van der Waals surface area contributed by atoms with E-state index in [1.54, 1.807) is 6.92 Å². The third kappa shape index (κ3) is 4.67. The number of nitrogens with zero attached hydrogens (tertiary/aromatic N) is 1. The van der Waals surface area contributed by atoms with E-state index in [1.807, 2.05) is 30.3 Å². The lowest BCUT2D eigenvalue weighted by atomic mass is 9.97. The number of hydrogen-bond donors (Lipinski definition) is 4. The molecule has 0 aromatic heterocycles. The van der Waals surface area contributed by atoms with Crippen molar-refractivity contribution in [2.24, 2.45) is 11.7 Å². The number of carboxylic acid groups (broad SMARTS) is 1. The molecule has 7 nitrogen and oxygen atoms in total. The number of benzene rings is 1. The summed E-state index contributed by atoms with van der Waals surface area (Å²) in [4.78, 5) is 25.8. The number of carbonyl (C=O) groups excluding carboxylic acids is 1. The van der Waals surface area contributed by atoms with Gasteiger partial charge in [-0.15, -0.1) is 0 Å². The summed E-state index contributed by atoms with van der Waals surface area (Å²) in [5.74, 6) is -0.886. The molecule has 0 saturated carbocycles. The van der Waals surface area contributed by atoms with Crippen LogP contribution in [0.1, 0.15) is 36.5 Å². The van der Waals surface area contributed by atoms with Crippen molar-refractivity contribution < 1.29 is 24.9 Å². The van der Waals surface area contributed by atoms with E-state index in [0.717, 1.165) is 24.9 Å². The van der Waals surface area contributed by atoms with E-state index in [2.05, 4.69) is 4.90 Å². The van der Waals surface area contributed by atoms with E-state index >= 15 is 0 Å². The molecule has 2 fully saturated rings. The molecule has 2 saturated heterocycles. The first-order valence-corrected chi connectivity index (χ1v) is 8.89. The molecule has 3 rings (SSSR count). The van der Waals surface area contributed by atoms with E-state index in [4.69, 9.17) is 15.9 Å². The fraction of sp³-hybridized carbons (Fsp3) is 0.579. The lowest BCUT2D eigenvalue weighted by Crippen LogP contribution is -2.43. The van der Waals surface area contributed by atoms with E-state index in [9.17, 15) is 14.7 Å². The fourth-order valence-corrected chi connectivity index (χ4v) is 3.54. The number of hydrogen-bond acceptors (Lipinski definition) is 6. The lowest BCUT2D eigenvalue weighted by molar-refractivity contribution is -0.142. The number of Topliss-reactive ketones (excluding diaryl/α,β-unsaturated/α-hetero) is 1. The van der Waals surface area contributed by atoms with Crippen molar-refractivity contribution in [3.05, 3.63) is 35.9 Å². The molecule has 2 heterocycles. The predicted molar refractivity (Wildman–Crippen MR) is 96.8 cm³/mol. The van der Waals surface area contributed by atoms with Crippen LogP contribution in [0, 0.1) is 5.92 Å². The number of rotatable bonds is 5. The minimum atomic E-state index is -0.806. The van der Waals surface area contributed by atoms with Gasteiger partial charge in [-0.3, -0.25) is 14.5 Å². The van der Waals surface area contributed by atoms with Crippen LogP contribution in [0.2, 0.25) is 0 Å². The van der Waals surface area contributed by atoms with Gasteiger partial charge in [0.05, 0.1) is 30.7 Å². The molecule has 0 bridgehead atoms. The van der Waals surface area contributed by atoms with Gasteiger partial charge in [-0.2, -0.15) is 0 Å². The zero-order chi connectivity index (χ0) is 19.3. The van der Waals surface area contributed by atoms with Gasteiger partial charge >= 0.3 is 5.97 Å². The summed E-state index contributed by atoms with van der Waals surface area (Å²) in [5, 5.41) is 25.8. The molecular weight excluding hydrogens is 336 g/mol. The average molecular weight is 364 g/mol. The number of ketones is 1. The molecule has 144 valence electrons. The number of nitrogens with two attached hydrogens (primary N) is 1. The van der Waals surface area contributed by atoms with Crippen LogP contribution in [0.3, 0.4) is 0 Å². The van der Waals surface area contributed by atoms with Gasteiger partial charge in [0, 0.05) is 18.2 Å². The number of fused-ring (bicyclic) bond motifs is 1. The Morgan fingerprint density at radius 1 is 1.15 bits per heavy atom. The fourth-order valence-electron chi connectivity index (χ4n) is 3.54. The highest BCUT2D eigenvalue weighted by Crippen LogP contribution is 2.37. The molecule has 7 heteroatoms. The van der Waals surface area contributed by atoms with Crippen LogP contribution in [0.15, 0.2) is 30.3 Å². The summed E-state index contributed by atoms with van der Waals surface area (Å²) in [6, 6.07) is 9.21. The standard InChI is InChI=1S/C15H17NO3.C4H11NO2/c17-14(10-4-2-1-3-5-10)13-7-6-12-11(15(18)19)8-9-16(12)13;1-4(5,2-6)3-7/h1-5,11-13H,6-9H2,(H,18,19);6-7H,2-3,5H2,1H3. The summed E-state index contributed by atoms with van der Waals surface area (Å²) in [5.41, 5.74) is 5.14. The Balaban J connectivity index is 0.000000298. The predicted octanol–water partition coefficient (Wildman–Crippen LogP) is 0.495. The highest BCUT2D eigenvalue weighted by atomic mass is 16.4. The Labute approximate surface area is 153 Å². The van der Waals surface area contributed by atoms with Crippen LogP contribution in [-0.2, 0) is 4.79 Å². The second-order valence-electron chi connectivity index (χ2n) is 7.33. The Hall–Kier alpha value is -1.80. The molecule has 0 spiro atoms. The number of carbonyl (C=O) groups is 2. The van der Waals surface area contributed by atoms with E-state index in [1.165, 1.54) is 0 Å². The summed E-state index contributed by atoms with van der Waals surface area (Å²) in [6.07, 6.45) is 2.26. The van der Waals surface area contributed by atoms with Crippen molar-refractivity contribution in [3.63, 3.8) is 0 Å². The molecular formula is C19H28N2O5. The molecule has 3 unspecified atom stereocenters. The van der Waals surface area contributed by atoms with Crippen LogP contribution in [0.25, 0.3) is 0 Å². The van der Waals surface area contributed by atoms with Crippen LogP contribution < -0.4 is 5.73 Å². The zero-order valence-electron chi connectivity index (χ0n) is 15.0. The monoisotopic (exact) mass is 364 g/mol. The first-order valence-electron chi connectivity index (χ1n) is 8.89. The maximum absolute atomic E-state index is 12.5. The molecule has 3 atom stereocenters. The summed E-state index contributed by atoms with van der Waals surface area (Å²) >= 11 is 0. The average Bonchev–Trinajstić information content (AvgIpc) is 3.24.